The lowest BCUT2D eigenvalue weighted by molar-refractivity contribution is 0.204. The number of rotatable bonds is 2. The average molecular weight is 344 g/mol. The molecule has 0 aliphatic carbocycles. The fraction of sp³-hybridized carbons (Fsp3) is 0.217. The predicted molar refractivity (Wildman–Crippen MR) is 110 cm³/mol. The van der Waals surface area contributed by atoms with Gasteiger partial charge >= 0.3 is 0 Å². The normalized spacial score (nSPS) is 15.3. The fourth-order valence-corrected chi connectivity index (χ4v) is 7.33. The van der Waals surface area contributed by atoms with Gasteiger partial charge in [0, 0.05) is 19.1 Å². The first-order valence-corrected chi connectivity index (χ1v) is 10.9. The van der Waals surface area contributed by atoms with E-state index >= 15 is 0 Å². The standard InChI is InChI=1S/C23H25NSi/c1-18(2)24-16-19-10-6-8-14-22(19)25(21-12-4-3-5-13-21)23-15-9-7-11-20(23)17-24/h3-15,18,25H,16-17H2,1-2H3. The summed E-state index contributed by atoms with van der Waals surface area (Å²) in [5, 5.41) is 4.67. The second-order valence-electron chi connectivity index (χ2n) is 7.24. The molecule has 1 aliphatic heterocycles. The van der Waals surface area contributed by atoms with E-state index in [-0.39, 0.29) is 0 Å². The van der Waals surface area contributed by atoms with E-state index in [1.54, 1.807) is 10.4 Å². The van der Waals surface area contributed by atoms with Gasteiger partial charge in [0.05, 0.1) is 0 Å². The second-order valence-corrected chi connectivity index (χ2v) is 10.0. The van der Waals surface area contributed by atoms with Gasteiger partial charge in [0.25, 0.3) is 0 Å². The smallest absolute Gasteiger partial charge is 0.133 e. The highest BCUT2D eigenvalue weighted by molar-refractivity contribution is 6.96. The molecule has 2 heteroatoms. The third-order valence-corrected chi connectivity index (χ3v) is 8.76. The fourth-order valence-electron chi connectivity index (χ4n) is 3.95. The zero-order valence-electron chi connectivity index (χ0n) is 15.0. The predicted octanol–water partition coefficient (Wildman–Crippen LogP) is 2.66. The summed E-state index contributed by atoms with van der Waals surface area (Å²) in [5.41, 5.74) is 3.01. The van der Waals surface area contributed by atoms with Crippen molar-refractivity contribution >= 4 is 24.4 Å². The van der Waals surface area contributed by atoms with E-state index in [1.165, 1.54) is 16.3 Å². The van der Waals surface area contributed by atoms with Crippen LogP contribution in [0.3, 0.4) is 0 Å². The van der Waals surface area contributed by atoms with Crippen LogP contribution in [-0.2, 0) is 13.1 Å². The molecule has 3 aromatic rings. The van der Waals surface area contributed by atoms with Crippen LogP contribution in [0.5, 0.6) is 0 Å². The Balaban J connectivity index is 1.95. The van der Waals surface area contributed by atoms with Crippen molar-refractivity contribution in [1.82, 2.24) is 4.90 Å². The van der Waals surface area contributed by atoms with Gasteiger partial charge in [0.2, 0.25) is 0 Å². The second kappa shape index (κ2) is 6.99. The van der Waals surface area contributed by atoms with Crippen molar-refractivity contribution < 1.29 is 0 Å². The largest absolute Gasteiger partial charge is 0.292 e. The third kappa shape index (κ3) is 3.20. The molecule has 4 rings (SSSR count). The van der Waals surface area contributed by atoms with Crippen molar-refractivity contribution in [1.29, 1.82) is 0 Å². The third-order valence-electron chi connectivity index (χ3n) is 5.34. The summed E-state index contributed by atoms with van der Waals surface area (Å²) in [5.74, 6) is 0. The van der Waals surface area contributed by atoms with Crippen molar-refractivity contribution in [3.63, 3.8) is 0 Å². The molecule has 1 aliphatic rings. The van der Waals surface area contributed by atoms with Gasteiger partial charge < -0.3 is 0 Å². The van der Waals surface area contributed by atoms with E-state index in [4.69, 9.17) is 0 Å². The maximum absolute atomic E-state index is 2.59. The first-order valence-electron chi connectivity index (χ1n) is 9.18. The molecule has 0 atom stereocenters. The molecule has 0 bridgehead atoms. The van der Waals surface area contributed by atoms with Crippen LogP contribution in [0, 0.1) is 0 Å². The number of nitrogens with zero attached hydrogens (tertiary/aromatic N) is 1. The van der Waals surface area contributed by atoms with Crippen molar-refractivity contribution in [3.8, 4) is 0 Å². The number of benzene rings is 3. The highest BCUT2D eigenvalue weighted by Gasteiger charge is 2.27. The summed E-state index contributed by atoms with van der Waals surface area (Å²) in [6.07, 6.45) is 0. The SMILES string of the molecule is CC(C)N1Cc2ccccc2[SiH](c2ccccc2)c2ccccc2C1. The maximum Gasteiger partial charge on any atom is 0.133 e. The van der Waals surface area contributed by atoms with Crippen LogP contribution in [0.25, 0.3) is 0 Å². The Morgan fingerprint density at radius 2 is 1.16 bits per heavy atom. The van der Waals surface area contributed by atoms with E-state index in [9.17, 15) is 0 Å². The summed E-state index contributed by atoms with van der Waals surface area (Å²) in [4.78, 5) is 2.59. The Morgan fingerprint density at radius 1 is 0.680 bits per heavy atom. The first-order chi connectivity index (χ1) is 12.2. The van der Waals surface area contributed by atoms with Crippen LogP contribution >= 0.6 is 0 Å². The summed E-state index contributed by atoms with van der Waals surface area (Å²) in [6, 6.07) is 29.9. The van der Waals surface area contributed by atoms with E-state index < -0.39 is 8.80 Å². The van der Waals surface area contributed by atoms with E-state index in [1.807, 2.05) is 0 Å². The molecular formula is C23H25NSi. The Labute approximate surface area is 152 Å². The van der Waals surface area contributed by atoms with Gasteiger partial charge in [0.1, 0.15) is 8.80 Å². The van der Waals surface area contributed by atoms with Crippen LogP contribution in [0.15, 0.2) is 78.9 Å². The minimum absolute atomic E-state index is 0.538. The molecule has 1 heterocycles. The van der Waals surface area contributed by atoms with Gasteiger partial charge in [-0.3, -0.25) is 4.90 Å². The molecule has 0 spiro atoms. The van der Waals surface area contributed by atoms with Crippen molar-refractivity contribution in [2.45, 2.75) is 33.0 Å². The Kier molecular flexibility index (Phi) is 4.56. The molecule has 0 saturated carbocycles. The van der Waals surface area contributed by atoms with Crippen LogP contribution < -0.4 is 15.6 Å². The molecule has 0 aromatic heterocycles. The van der Waals surface area contributed by atoms with E-state index in [0.717, 1.165) is 13.1 Å². The molecule has 0 radical (unpaired) electrons. The maximum atomic E-state index is 2.59. The van der Waals surface area contributed by atoms with E-state index in [0.29, 0.717) is 6.04 Å². The van der Waals surface area contributed by atoms with Gasteiger partial charge in [0.15, 0.2) is 0 Å². The van der Waals surface area contributed by atoms with Crippen LogP contribution in [-0.4, -0.2) is 19.7 Å². The lowest BCUT2D eigenvalue weighted by Gasteiger charge is -2.33. The molecule has 25 heavy (non-hydrogen) atoms. The molecule has 3 aromatic carbocycles. The van der Waals surface area contributed by atoms with Gasteiger partial charge in [-0.2, -0.15) is 0 Å². The minimum atomic E-state index is -1.44. The molecule has 0 saturated heterocycles. The Hall–Kier alpha value is -2.16. The molecule has 0 N–H and O–H groups in total. The number of hydrogen-bond acceptors (Lipinski definition) is 1. The summed E-state index contributed by atoms with van der Waals surface area (Å²) in [6.45, 7) is 6.69. The Morgan fingerprint density at radius 3 is 1.68 bits per heavy atom. The highest BCUT2D eigenvalue weighted by atomic mass is 28.3. The minimum Gasteiger partial charge on any atom is -0.292 e. The van der Waals surface area contributed by atoms with Gasteiger partial charge in [-0.1, -0.05) is 84.0 Å². The number of hydrogen-bond donors (Lipinski definition) is 0. The zero-order valence-corrected chi connectivity index (χ0v) is 16.2. The molecule has 0 fully saturated rings. The summed E-state index contributed by atoms with van der Waals surface area (Å²) in [7, 11) is -1.44. The van der Waals surface area contributed by atoms with Crippen molar-refractivity contribution in [2.75, 3.05) is 0 Å². The van der Waals surface area contributed by atoms with Gasteiger partial charge in [-0.15, -0.1) is 0 Å². The average Bonchev–Trinajstić information content (AvgIpc) is 2.63. The number of fused-ring (bicyclic) bond motifs is 2. The van der Waals surface area contributed by atoms with Crippen LogP contribution in [0.4, 0.5) is 0 Å². The van der Waals surface area contributed by atoms with E-state index in [2.05, 4.69) is 97.6 Å². The summed E-state index contributed by atoms with van der Waals surface area (Å²) >= 11 is 0. The topological polar surface area (TPSA) is 3.24 Å². The molecule has 0 amide bonds. The summed E-state index contributed by atoms with van der Waals surface area (Å²) < 4.78 is 0. The van der Waals surface area contributed by atoms with Crippen molar-refractivity contribution in [3.05, 3.63) is 90.0 Å². The van der Waals surface area contributed by atoms with Gasteiger partial charge in [-0.25, -0.2) is 0 Å². The zero-order chi connectivity index (χ0) is 17.2. The lowest BCUT2D eigenvalue weighted by atomic mass is 10.1. The van der Waals surface area contributed by atoms with Crippen LogP contribution in [0.1, 0.15) is 25.0 Å². The Bertz CT molecular complexity index is 807. The van der Waals surface area contributed by atoms with Crippen LogP contribution in [0.2, 0.25) is 0 Å². The highest BCUT2D eigenvalue weighted by Crippen LogP contribution is 2.16. The molecule has 1 nitrogen and oxygen atoms in total. The quantitative estimate of drug-likeness (QED) is 0.647. The van der Waals surface area contributed by atoms with Crippen molar-refractivity contribution in [2.24, 2.45) is 0 Å². The molecule has 126 valence electrons. The van der Waals surface area contributed by atoms with Gasteiger partial charge in [-0.05, 0) is 35.3 Å². The monoisotopic (exact) mass is 343 g/mol. The first kappa shape index (κ1) is 16.3. The molecular weight excluding hydrogens is 318 g/mol. The molecule has 0 unspecified atom stereocenters. The lowest BCUT2D eigenvalue weighted by Crippen LogP contribution is -2.56.